The fourth-order valence-electron chi connectivity index (χ4n) is 2.68. The molecule has 1 aromatic heterocycles. The SMILES string of the molecule is Cc1cc(C)c(NC(=O)c2cccc(C(=O)Nc3cc(C)on3)c2)c(Cl)c1. The van der Waals surface area contributed by atoms with Gasteiger partial charge in [-0.2, -0.15) is 0 Å². The van der Waals surface area contributed by atoms with Crippen molar-refractivity contribution >= 4 is 34.9 Å². The van der Waals surface area contributed by atoms with Gasteiger partial charge in [-0.05, 0) is 56.2 Å². The summed E-state index contributed by atoms with van der Waals surface area (Å²) in [5.41, 5.74) is 3.10. The van der Waals surface area contributed by atoms with Crippen molar-refractivity contribution in [3.05, 3.63) is 75.5 Å². The third kappa shape index (κ3) is 4.35. The Hall–Kier alpha value is -3.12. The highest BCUT2D eigenvalue weighted by atomic mass is 35.5. The highest BCUT2D eigenvalue weighted by molar-refractivity contribution is 6.34. The lowest BCUT2D eigenvalue weighted by Gasteiger charge is -2.12. The van der Waals surface area contributed by atoms with Crippen LogP contribution in [-0.2, 0) is 0 Å². The number of carbonyl (C=O) groups is 2. The first-order valence-electron chi connectivity index (χ1n) is 8.26. The number of aromatic nitrogens is 1. The van der Waals surface area contributed by atoms with Crippen LogP contribution >= 0.6 is 11.6 Å². The molecule has 0 spiro atoms. The normalized spacial score (nSPS) is 10.5. The predicted octanol–water partition coefficient (Wildman–Crippen LogP) is 4.76. The molecular formula is C20H18ClN3O3. The highest BCUT2D eigenvalue weighted by Gasteiger charge is 2.14. The van der Waals surface area contributed by atoms with E-state index < -0.39 is 0 Å². The molecule has 27 heavy (non-hydrogen) atoms. The van der Waals surface area contributed by atoms with E-state index in [0.29, 0.717) is 33.4 Å². The maximum Gasteiger partial charge on any atom is 0.256 e. The predicted molar refractivity (Wildman–Crippen MR) is 105 cm³/mol. The number of anilines is 2. The minimum atomic E-state index is -0.387. The molecule has 2 aromatic carbocycles. The molecule has 0 aliphatic carbocycles. The van der Waals surface area contributed by atoms with Gasteiger partial charge in [0.25, 0.3) is 11.8 Å². The van der Waals surface area contributed by atoms with Crippen LogP contribution in [-0.4, -0.2) is 17.0 Å². The quantitative estimate of drug-likeness (QED) is 0.680. The van der Waals surface area contributed by atoms with Crippen LogP contribution in [0.5, 0.6) is 0 Å². The lowest BCUT2D eigenvalue weighted by molar-refractivity contribution is 0.102. The summed E-state index contributed by atoms with van der Waals surface area (Å²) in [5.74, 6) is 0.163. The number of amides is 2. The van der Waals surface area contributed by atoms with E-state index in [1.807, 2.05) is 19.9 Å². The van der Waals surface area contributed by atoms with Crippen molar-refractivity contribution in [1.29, 1.82) is 0 Å². The van der Waals surface area contributed by atoms with Crippen LogP contribution in [0.4, 0.5) is 11.5 Å². The Morgan fingerprint density at radius 2 is 1.63 bits per heavy atom. The molecule has 6 nitrogen and oxygen atoms in total. The van der Waals surface area contributed by atoms with Gasteiger partial charge in [-0.1, -0.05) is 28.9 Å². The lowest BCUT2D eigenvalue weighted by atomic mass is 10.1. The van der Waals surface area contributed by atoms with Crippen LogP contribution in [0.2, 0.25) is 5.02 Å². The monoisotopic (exact) mass is 383 g/mol. The smallest absolute Gasteiger partial charge is 0.256 e. The second-order valence-electron chi connectivity index (χ2n) is 6.25. The Morgan fingerprint density at radius 1 is 0.963 bits per heavy atom. The van der Waals surface area contributed by atoms with E-state index in [4.69, 9.17) is 16.1 Å². The Kier molecular flexibility index (Phi) is 5.28. The number of nitrogens with zero attached hydrogens (tertiary/aromatic N) is 1. The van der Waals surface area contributed by atoms with Gasteiger partial charge in [-0.25, -0.2) is 0 Å². The fourth-order valence-corrected chi connectivity index (χ4v) is 3.04. The highest BCUT2D eigenvalue weighted by Crippen LogP contribution is 2.27. The van der Waals surface area contributed by atoms with Crippen LogP contribution < -0.4 is 10.6 Å². The molecule has 3 aromatic rings. The number of hydrogen-bond acceptors (Lipinski definition) is 4. The van der Waals surface area contributed by atoms with Gasteiger partial charge >= 0.3 is 0 Å². The average molecular weight is 384 g/mol. The van der Waals surface area contributed by atoms with Crippen molar-refractivity contribution in [2.75, 3.05) is 10.6 Å². The number of hydrogen-bond donors (Lipinski definition) is 2. The van der Waals surface area contributed by atoms with E-state index in [2.05, 4.69) is 15.8 Å². The summed E-state index contributed by atoms with van der Waals surface area (Å²) < 4.78 is 4.92. The molecule has 0 saturated heterocycles. The van der Waals surface area contributed by atoms with Gasteiger partial charge in [-0.3, -0.25) is 9.59 Å². The molecule has 2 amide bonds. The largest absolute Gasteiger partial charge is 0.360 e. The minimum Gasteiger partial charge on any atom is -0.360 e. The number of aryl methyl sites for hydroxylation is 3. The van der Waals surface area contributed by atoms with Crippen molar-refractivity contribution < 1.29 is 14.1 Å². The van der Waals surface area contributed by atoms with Gasteiger partial charge in [-0.15, -0.1) is 0 Å². The van der Waals surface area contributed by atoms with Crippen molar-refractivity contribution in [2.24, 2.45) is 0 Å². The van der Waals surface area contributed by atoms with Crippen LogP contribution in [0.25, 0.3) is 0 Å². The van der Waals surface area contributed by atoms with Crippen molar-refractivity contribution in [3.8, 4) is 0 Å². The van der Waals surface area contributed by atoms with E-state index in [1.54, 1.807) is 37.3 Å². The van der Waals surface area contributed by atoms with Crippen molar-refractivity contribution in [1.82, 2.24) is 5.16 Å². The van der Waals surface area contributed by atoms with E-state index >= 15 is 0 Å². The molecule has 0 saturated carbocycles. The van der Waals surface area contributed by atoms with Crippen LogP contribution in [0, 0.1) is 20.8 Å². The summed E-state index contributed by atoms with van der Waals surface area (Å²) in [6.07, 6.45) is 0. The number of nitrogens with one attached hydrogen (secondary N) is 2. The summed E-state index contributed by atoms with van der Waals surface area (Å²) >= 11 is 6.25. The summed E-state index contributed by atoms with van der Waals surface area (Å²) in [6.45, 7) is 5.53. The minimum absolute atomic E-state index is 0.314. The first-order chi connectivity index (χ1) is 12.8. The third-order valence-electron chi connectivity index (χ3n) is 3.93. The van der Waals surface area contributed by atoms with Crippen LogP contribution in [0.15, 0.2) is 47.0 Å². The molecule has 7 heteroatoms. The molecule has 0 bridgehead atoms. The van der Waals surface area contributed by atoms with Gasteiger partial charge in [0, 0.05) is 17.2 Å². The van der Waals surface area contributed by atoms with Gasteiger partial charge < -0.3 is 15.2 Å². The first-order valence-corrected chi connectivity index (χ1v) is 8.64. The number of carbonyl (C=O) groups excluding carboxylic acids is 2. The van der Waals surface area contributed by atoms with Gasteiger partial charge in [0.15, 0.2) is 5.82 Å². The Labute approximate surface area is 161 Å². The second kappa shape index (κ2) is 7.63. The summed E-state index contributed by atoms with van der Waals surface area (Å²) in [7, 11) is 0. The molecule has 0 aliphatic heterocycles. The maximum atomic E-state index is 12.6. The molecule has 138 valence electrons. The average Bonchev–Trinajstić information content (AvgIpc) is 3.02. The first kappa shape index (κ1) is 18.7. The van der Waals surface area contributed by atoms with Crippen LogP contribution in [0.3, 0.4) is 0 Å². The van der Waals surface area contributed by atoms with Crippen molar-refractivity contribution in [2.45, 2.75) is 20.8 Å². The zero-order valence-corrected chi connectivity index (χ0v) is 15.8. The van der Waals surface area contributed by atoms with Gasteiger partial charge in [0.2, 0.25) is 0 Å². The standard InChI is InChI=1S/C20H18ClN3O3/c1-11-7-12(2)18(16(21)8-11)23-20(26)15-6-4-5-14(10-15)19(25)22-17-9-13(3)27-24-17/h4-10H,1-3H3,(H,23,26)(H,22,24,25). The zero-order chi connectivity index (χ0) is 19.6. The Bertz CT molecular complexity index is 1000. The molecule has 0 fully saturated rings. The lowest BCUT2D eigenvalue weighted by Crippen LogP contribution is -2.16. The molecular weight excluding hydrogens is 366 g/mol. The number of rotatable bonds is 4. The summed E-state index contributed by atoms with van der Waals surface area (Å²) in [4.78, 5) is 25.0. The molecule has 2 N–H and O–H groups in total. The van der Waals surface area contributed by atoms with Gasteiger partial charge in [0.1, 0.15) is 5.76 Å². The van der Waals surface area contributed by atoms with E-state index in [9.17, 15) is 9.59 Å². The second-order valence-corrected chi connectivity index (χ2v) is 6.66. The number of benzene rings is 2. The molecule has 1 heterocycles. The maximum absolute atomic E-state index is 12.6. The Morgan fingerprint density at radius 3 is 2.22 bits per heavy atom. The molecule has 0 atom stereocenters. The third-order valence-corrected chi connectivity index (χ3v) is 4.22. The molecule has 0 unspecified atom stereocenters. The zero-order valence-electron chi connectivity index (χ0n) is 15.1. The molecule has 0 radical (unpaired) electrons. The summed E-state index contributed by atoms with van der Waals surface area (Å²) in [6, 6.07) is 11.7. The van der Waals surface area contributed by atoms with Crippen LogP contribution in [0.1, 0.15) is 37.6 Å². The molecule has 0 aliphatic rings. The van der Waals surface area contributed by atoms with Crippen molar-refractivity contribution in [3.63, 3.8) is 0 Å². The fraction of sp³-hybridized carbons (Fsp3) is 0.150. The number of halogens is 1. The van der Waals surface area contributed by atoms with Gasteiger partial charge in [0.05, 0.1) is 10.7 Å². The molecule has 3 rings (SSSR count). The Balaban J connectivity index is 1.78. The summed E-state index contributed by atoms with van der Waals surface area (Å²) in [5, 5.41) is 9.62. The topological polar surface area (TPSA) is 84.2 Å². The van der Waals surface area contributed by atoms with E-state index in [-0.39, 0.29) is 11.8 Å². The van der Waals surface area contributed by atoms with E-state index in [0.717, 1.165) is 11.1 Å². The van der Waals surface area contributed by atoms with E-state index in [1.165, 1.54) is 6.07 Å².